The number of hydrogen-bond acceptors (Lipinski definition) is 5. The SMILES string of the molecule is CC(CCS(C)=O)Nc1nc(C(F)(F)F)ns1. The molecular weight excluding hydrogens is 275 g/mol. The van der Waals surface area contributed by atoms with Crippen LogP contribution in [0.25, 0.3) is 0 Å². The highest BCUT2D eigenvalue weighted by Crippen LogP contribution is 2.29. The van der Waals surface area contributed by atoms with Gasteiger partial charge in [0.2, 0.25) is 11.0 Å². The Hall–Kier alpha value is -0.700. The fourth-order valence-electron chi connectivity index (χ4n) is 1.02. The number of nitrogens with zero attached hydrogens (tertiary/aromatic N) is 2. The van der Waals surface area contributed by atoms with Crippen LogP contribution in [-0.4, -0.2) is 31.6 Å². The quantitative estimate of drug-likeness (QED) is 0.901. The molecule has 0 bridgehead atoms. The fraction of sp³-hybridized carbons (Fsp3) is 0.750. The number of nitrogens with one attached hydrogen (secondary N) is 1. The molecular formula is C8H12F3N3OS2. The van der Waals surface area contributed by atoms with Crippen LogP contribution in [0, 0.1) is 0 Å². The maximum absolute atomic E-state index is 12.2. The molecule has 2 atom stereocenters. The van der Waals surface area contributed by atoms with E-state index in [-0.39, 0.29) is 11.2 Å². The molecule has 17 heavy (non-hydrogen) atoms. The van der Waals surface area contributed by atoms with Crippen LogP contribution in [0.4, 0.5) is 18.3 Å². The first-order chi connectivity index (χ1) is 7.79. The fourth-order valence-corrected chi connectivity index (χ4v) is 2.41. The van der Waals surface area contributed by atoms with Crippen molar-refractivity contribution in [2.75, 3.05) is 17.3 Å². The highest BCUT2D eigenvalue weighted by atomic mass is 32.2. The second kappa shape index (κ2) is 5.76. The summed E-state index contributed by atoms with van der Waals surface area (Å²) in [6.45, 7) is 1.79. The molecule has 0 aliphatic rings. The van der Waals surface area contributed by atoms with E-state index in [0.29, 0.717) is 23.7 Å². The Morgan fingerprint density at radius 2 is 2.18 bits per heavy atom. The van der Waals surface area contributed by atoms with E-state index in [1.54, 1.807) is 13.2 Å². The van der Waals surface area contributed by atoms with E-state index >= 15 is 0 Å². The topological polar surface area (TPSA) is 54.9 Å². The zero-order valence-corrected chi connectivity index (χ0v) is 10.9. The predicted octanol–water partition coefficient (Wildman–Crippen LogP) is 2.13. The summed E-state index contributed by atoms with van der Waals surface area (Å²) in [5.74, 6) is -0.629. The van der Waals surface area contributed by atoms with Gasteiger partial charge < -0.3 is 5.32 Å². The summed E-state index contributed by atoms with van der Waals surface area (Å²) in [6, 6.07) is -0.0899. The normalized spacial score (nSPS) is 15.6. The Bertz CT molecular complexity index is 394. The first-order valence-electron chi connectivity index (χ1n) is 4.76. The van der Waals surface area contributed by atoms with E-state index < -0.39 is 22.8 Å². The van der Waals surface area contributed by atoms with Gasteiger partial charge in [-0.25, -0.2) is 0 Å². The Morgan fingerprint density at radius 3 is 2.65 bits per heavy atom. The summed E-state index contributed by atoms with van der Waals surface area (Å²) in [5.41, 5.74) is 0. The van der Waals surface area contributed by atoms with E-state index in [9.17, 15) is 17.4 Å². The standard InChI is InChI=1S/C8H12F3N3OS2/c1-5(3-4-17(2)15)12-7-13-6(14-16-7)8(9,10)11/h5H,3-4H2,1-2H3,(H,12,13,14). The first kappa shape index (κ1) is 14.4. The van der Waals surface area contributed by atoms with Gasteiger partial charge in [-0.1, -0.05) is 0 Å². The number of aromatic nitrogens is 2. The van der Waals surface area contributed by atoms with Crippen LogP contribution in [0.1, 0.15) is 19.2 Å². The van der Waals surface area contributed by atoms with Crippen molar-refractivity contribution in [1.29, 1.82) is 0 Å². The highest BCUT2D eigenvalue weighted by Gasteiger charge is 2.36. The lowest BCUT2D eigenvalue weighted by Crippen LogP contribution is -2.18. The monoisotopic (exact) mass is 287 g/mol. The maximum atomic E-state index is 12.2. The predicted molar refractivity (Wildman–Crippen MR) is 61.5 cm³/mol. The van der Waals surface area contributed by atoms with E-state index in [0.717, 1.165) is 0 Å². The minimum absolute atomic E-state index is 0.0899. The van der Waals surface area contributed by atoms with Crippen LogP contribution >= 0.6 is 11.5 Å². The van der Waals surface area contributed by atoms with Crippen LogP contribution in [0.2, 0.25) is 0 Å². The number of halogens is 3. The molecule has 1 aromatic rings. The van der Waals surface area contributed by atoms with Crippen molar-refractivity contribution in [3.05, 3.63) is 5.82 Å². The Balaban J connectivity index is 2.52. The van der Waals surface area contributed by atoms with Crippen molar-refractivity contribution in [3.63, 3.8) is 0 Å². The number of alkyl halides is 3. The summed E-state index contributed by atoms with van der Waals surface area (Å²) in [4.78, 5) is 3.34. The van der Waals surface area contributed by atoms with E-state index in [4.69, 9.17) is 0 Å². The average Bonchev–Trinajstić information content (AvgIpc) is 2.62. The van der Waals surface area contributed by atoms with Gasteiger partial charge in [0, 0.05) is 40.4 Å². The molecule has 0 fully saturated rings. The zero-order valence-electron chi connectivity index (χ0n) is 9.24. The van der Waals surface area contributed by atoms with Crippen LogP contribution in [0.3, 0.4) is 0 Å². The van der Waals surface area contributed by atoms with E-state index in [1.807, 2.05) is 0 Å². The third-order valence-corrected chi connectivity index (χ3v) is 3.34. The molecule has 0 radical (unpaired) electrons. The van der Waals surface area contributed by atoms with Crippen LogP contribution in [0.5, 0.6) is 0 Å². The molecule has 0 saturated carbocycles. The number of rotatable bonds is 5. The van der Waals surface area contributed by atoms with Crippen molar-refractivity contribution in [2.24, 2.45) is 0 Å². The van der Waals surface area contributed by atoms with Gasteiger partial charge in [-0.3, -0.25) is 4.21 Å². The minimum Gasteiger partial charge on any atom is -0.358 e. The van der Waals surface area contributed by atoms with Gasteiger partial charge >= 0.3 is 6.18 Å². The Morgan fingerprint density at radius 1 is 1.53 bits per heavy atom. The first-order valence-corrected chi connectivity index (χ1v) is 7.26. The van der Waals surface area contributed by atoms with Gasteiger partial charge in [0.05, 0.1) is 0 Å². The number of hydrogen-bond donors (Lipinski definition) is 1. The molecule has 0 saturated heterocycles. The molecule has 1 rings (SSSR count). The average molecular weight is 287 g/mol. The lowest BCUT2D eigenvalue weighted by atomic mass is 10.3. The molecule has 1 aromatic heterocycles. The molecule has 0 aliphatic carbocycles. The third kappa shape index (κ3) is 4.99. The lowest BCUT2D eigenvalue weighted by Gasteiger charge is -2.10. The molecule has 2 unspecified atom stereocenters. The summed E-state index contributed by atoms with van der Waals surface area (Å²) < 4.78 is 50.7. The second-order valence-electron chi connectivity index (χ2n) is 3.53. The molecule has 98 valence electrons. The number of anilines is 1. The summed E-state index contributed by atoms with van der Waals surface area (Å²) in [7, 11) is -0.906. The van der Waals surface area contributed by atoms with Crippen molar-refractivity contribution >= 4 is 27.5 Å². The van der Waals surface area contributed by atoms with Gasteiger partial charge in [-0.05, 0) is 13.3 Å². The van der Waals surface area contributed by atoms with Crippen molar-refractivity contribution in [1.82, 2.24) is 9.36 Å². The molecule has 1 N–H and O–H groups in total. The van der Waals surface area contributed by atoms with Crippen LogP contribution < -0.4 is 5.32 Å². The summed E-state index contributed by atoms with van der Waals surface area (Å²) in [5, 5.41) is 2.93. The third-order valence-electron chi connectivity index (χ3n) is 1.89. The molecule has 0 aromatic carbocycles. The molecule has 0 spiro atoms. The van der Waals surface area contributed by atoms with Crippen molar-refractivity contribution in [3.8, 4) is 0 Å². The minimum atomic E-state index is -4.51. The summed E-state index contributed by atoms with van der Waals surface area (Å²) >= 11 is 0.671. The second-order valence-corrected chi connectivity index (χ2v) is 5.84. The van der Waals surface area contributed by atoms with Gasteiger partial charge in [0.15, 0.2) is 0 Å². The Kier molecular flexibility index (Phi) is 4.87. The maximum Gasteiger partial charge on any atom is 0.452 e. The lowest BCUT2D eigenvalue weighted by molar-refractivity contribution is -0.144. The molecule has 4 nitrogen and oxygen atoms in total. The van der Waals surface area contributed by atoms with Crippen molar-refractivity contribution < 1.29 is 17.4 Å². The van der Waals surface area contributed by atoms with Gasteiger partial charge in [0.1, 0.15) is 0 Å². The smallest absolute Gasteiger partial charge is 0.358 e. The summed E-state index contributed by atoms with van der Waals surface area (Å²) in [6.07, 6.45) is -2.33. The van der Waals surface area contributed by atoms with Gasteiger partial charge in [0.25, 0.3) is 0 Å². The Labute approximate surface area is 103 Å². The van der Waals surface area contributed by atoms with E-state index in [2.05, 4.69) is 14.7 Å². The molecule has 0 aliphatic heterocycles. The van der Waals surface area contributed by atoms with Crippen LogP contribution in [-0.2, 0) is 17.0 Å². The van der Waals surface area contributed by atoms with Crippen LogP contribution in [0.15, 0.2) is 0 Å². The van der Waals surface area contributed by atoms with E-state index in [1.165, 1.54) is 0 Å². The molecule has 0 amide bonds. The molecule has 1 heterocycles. The largest absolute Gasteiger partial charge is 0.452 e. The zero-order chi connectivity index (χ0) is 13.1. The highest BCUT2D eigenvalue weighted by molar-refractivity contribution is 7.84. The van der Waals surface area contributed by atoms with Gasteiger partial charge in [-0.15, -0.1) is 0 Å². The van der Waals surface area contributed by atoms with Crippen molar-refractivity contribution in [2.45, 2.75) is 25.6 Å². The van der Waals surface area contributed by atoms with Gasteiger partial charge in [-0.2, -0.15) is 22.5 Å². The molecule has 9 heteroatoms.